The first-order valence-electron chi connectivity index (χ1n) is 8.20. The van der Waals surface area contributed by atoms with E-state index in [2.05, 4.69) is 89.3 Å². The molecule has 0 heterocycles. The smallest absolute Gasteiger partial charge is 0.0381 e. The van der Waals surface area contributed by atoms with E-state index in [-0.39, 0.29) is 5.41 Å². The van der Waals surface area contributed by atoms with Gasteiger partial charge in [-0.2, -0.15) is 0 Å². The molecule has 0 aromatic heterocycles. The van der Waals surface area contributed by atoms with Gasteiger partial charge in [0.1, 0.15) is 0 Å². The van der Waals surface area contributed by atoms with Gasteiger partial charge in [0.25, 0.3) is 0 Å². The molecule has 1 N–H and O–H groups in total. The minimum Gasteiger partial charge on any atom is -0.313 e. The number of hydrogen-bond acceptors (Lipinski definition) is 2. The van der Waals surface area contributed by atoms with Crippen LogP contribution in [0.25, 0.3) is 0 Å². The third-order valence-corrected chi connectivity index (χ3v) is 4.42. The van der Waals surface area contributed by atoms with Crippen molar-refractivity contribution in [3.63, 3.8) is 0 Å². The van der Waals surface area contributed by atoms with Crippen LogP contribution in [0.1, 0.15) is 52.6 Å². The molecule has 0 aliphatic rings. The molecule has 120 valence electrons. The summed E-state index contributed by atoms with van der Waals surface area (Å²) in [5, 5.41) is 3.52. The molecule has 0 aliphatic heterocycles. The molecule has 0 spiro atoms. The molecule has 2 atom stereocenters. The van der Waals surface area contributed by atoms with Gasteiger partial charge in [0.15, 0.2) is 0 Å². The standard InChI is InChI=1S/C19H34N2/c1-15(2)13-16(3)21(7)14-19(4,5)18(20-6)17-11-9-8-10-12-17/h8-12,15-16,18,20H,13-14H2,1-7H3. The summed E-state index contributed by atoms with van der Waals surface area (Å²) in [5.41, 5.74) is 1.55. The Morgan fingerprint density at radius 3 is 2.14 bits per heavy atom. The van der Waals surface area contributed by atoms with E-state index in [1.807, 2.05) is 0 Å². The topological polar surface area (TPSA) is 15.3 Å². The van der Waals surface area contributed by atoms with Crippen LogP contribution in [0.15, 0.2) is 30.3 Å². The van der Waals surface area contributed by atoms with E-state index < -0.39 is 0 Å². The number of rotatable bonds is 8. The first-order chi connectivity index (χ1) is 9.77. The molecular formula is C19H34N2. The SMILES string of the molecule is CNC(c1ccccc1)C(C)(C)CN(C)C(C)CC(C)C. The van der Waals surface area contributed by atoms with Crippen molar-refractivity contribution < 1.29 is 0 Å². The predicted octanol–water partition coefficient (Wildman–Crippen LogP) is 4.34. The molecule has 0 bridgehead atoms. The summed E-state index contributed by atoms with van der Waals surface area (Å²) in [5.74, 6) is 0.750. The minimum atomic E-state index is 0.177. The van der Waals surface area contributed by atoms with E-state index >= 15 is 0 Å². The fourth-order valence-electron chi connectivity index (χ4n) is 3.41. The normalized spacial score (nSPS) is 15.5. The van der Waals surface area contributed by atoms with Crippen molar-refractivity contribution in [2.45, 2.75) is 53.1 Å². The highest BCUT2D eigenvalue weighted by Gasteiger charge is 2.31. The van der Waals surface area contributed by atoms with Gasteiger partial charge in [-0.05, 0) is 44.3 Å². The Morgan fingerprint density at radius 1 is 1.10 bits per heavy atom. The zero-order valence-electron chi connectivity index (χ0n) is 15.0. The summed E-state index contributed by atoms with van der Waals surface area (Å²) in [6.07, 6.45) is 1.25. The second kappa shape index (κ2) is 7.95. The van der Waals surface area contributed by atoms with E-state index in [1.54, 1.807) is 0 Å². The van der Waals surface area contributed by atoms with Gasteiger partial charge in [-0.15, -0.1) is 0 Å². The monoisotopic (exact) mass is 290 g/mol. The number of hydrogen-bond donors (Lipinski definition) is 1. The molecule has 2 unspecified atom stereocenters. The van der Waals surface area contributed by atoms with Gasteiger partial charge < -0.3 is 10.2 Å². The second-order valence-corrected chi connectivity index (χ2v) is 7.51. The zero-order chi connectivity index (χ0) is 16.0. The number of nitrogens with zero attached hydrogens (tertiary/aromatic N) is 1. The highest BCUT2D eigenvalue weighted by atomic mass is 15.1. The zero-order valence-corrected chi connectivity index (χ0v) is 15.0. The lowest BCUT2D eigenvalue weighted by atomic mass is 9.79. The van der Waals surface area contributed by atoms with Gasteiger partial charge in [0.05, 0.1) is 0 Å². The van der Waals surface area contributed by atoms with Crippen LogP contribution in [0.2, 0.25) is 0 Å². The first kappa shape index (κ1) is 18.2. The van der Waals surface area contributed by atoms with Crippen LogP contribution in [0.5, 0.6) is 0 Å². The Balaban J connectivity index is 2.78. The number of benzene rings is 1. The summed E-state index contributed by atoms with van der Waals surface area (Å²) < 4.78 is 0. The molecule has 0 fully saturated rings. The molecule has 1 aromatic rings. The van der Waals surface area contributed by atoms with E-state index in [4.69, 9.17) is 0 Å². The average Bonchev–Trinajstić information content (AvgIpc) is 2.39. The molecule has 2 nitrogen and oxygen atoms in total. The largest absolute Gasteiger partial charge is 0.313 e. The molecule has 0 radical (unpaired) electrons. The molecule has 21 heavy (non-hydrogen) atoms. The van der Waals surface area contributed by atoms with E-state index in [1.165, 1.54) is 12.0 Å². The lowest BCUT2D eigenvalue weighted by molar-refractivity contribution is 0.123. The van der Waals surface area contributed by atoms with Gasteiger partial charge in [-0.3, -0.25) is 0 Å². The lowest BCUT2D eigenvalue weighted by Crippen LogP contribution is -2.43. The quantitative estimate of drug-likeness (QED) is 0.766. The highest BCUT2D eigenvalue weighted by Crippen LogP contribution is 2.34. The fraction of sp³-hybridized carbons (Fsp3) is 0.684. The second-order valence-electron chi connectivity index (χ2n) is 7.51. The number of nitrogens with one attached hydrogen (secondary N) is 1. The molecule has 0 aliphatic carbocycles. The average molecular weight is 290 g/mol. The lowest BCUT2D eigenvalue weighted by Gasteiger charge is -2.40. The van der Waals surface area contributed by atoms with Crippen LogP contribution >= 0.6 is 0 Å². The predicted molar refractivity (Wildman–Crippen MR) is 93.6 cm³/mol. The van der Waals surface area contributed by atoms with Crippen molar-refractivity contribution in [3.05, 3.63) is 35.9 Å². The van der Waals surface area contributed by atoms with Crippen molar-refractivity contribution in [2.24, 2.45) is 11.3 Å². The van der Waals surface area contributed by atoms with Gasteiger partial charge in [0, 0.05) is 18.6 Å². The van der Waals surface area contributed by atoms with Crippen molar-refractivity contribution in [2.75, 3.05) is 20.6 Å². The molecule has 2 heteroatoms. The van der Waals surface area contributed by atoms with E-state index in [0.29, 0.717) is 12.1 Å². The molecule has 0 saturated carbocycles. The Bertz CT molecular complexity index is 397. The van der Waals surface area contributed by atoms with Crippen LogP contribution in [-0.4, -0.2) is 31.6 Å². The van der Waals surface area contributed by atoms with Crippen LogP contribution < -0.4 is 5.32 Å². The van der Waals surface area contributed by atoms with Crippen molar-refractivity contribution in [1.29, 1.82) is 0 Å². The summed E-state index contributed by atoms with van der Waals surface area (Å²) in [7, 11) is 4.32. The third kappa shape index (κ3) is 5.44. The maximum atomic E-state index is 3.52. The summed E-state index contributed by atoms with van der Waals surface area (Å²) in [6, 6.07) is 11.8. The van der Waals surface area contributed by atoms with Gasteiger partial charge in [0.2, 0.25) is 0 Å². The summed E-state index contributed by atoms with van der Waals surface area (Å²) in [6.45, 7) is 12.7. The van der Waals surface area contributed by atoms with E-state index in [9.17, 15) is 0 Å². The van der Waals surface area contributed by atoms with E-state index in [0.717, 1.165) is 12.5 Å². The van der Waals surface area contributed by atoms with Crippen molar-refractivity contribution in [1.82, 2.24) is 10.2 Å². The summed E-state index contributed by atoms with van der Waals surface area (Å²) in [4.78, 5) is 2.51. The molecule has 0 saturated heterocycles. The van der Waals surface area contributed by atoms with Crippen LogP contribution in [0.3, 0.4) is 0 Å². The maximum Gasteiger partial charge on any atom is 0.0381 e. The van der Waals surface area contributed by atoms with Crippen LogP contribution in [-0.2, 0) is 0 Å². The molecule has 1 aromatic carbocycles. The van der Waals surface area contributed by atoms with Crippen molar-refractivity contribution in [3.8, 4) is 0 Å². The minimum absolute atomic E-state index is 0.177. The van der Waals surface area contributed by atoms with Crippen LogP contribution in [0.4, 0.5) is 0 Å². The van der Waals surface area contributed by atoms with Gasteiger partial charge >= 0.3 is 0 Å². The molecular weight excluding hydrogens is 256 g/mol. The van der Waals surface area contributed by atoms with Crippen molar-refractivity contribution >= 4 is 0 Å². The Hall–Kier alpha value is -0.860. The Labute approximate surface area is 131 Å². The molecule has 0 amide bonds. The maximum absolute atomic E-state index is 3.52. The summed E-state index contributed by atoms with van der Waals surface area (Å²) >= 11 is 0. The Morgan fingerprint density at radius 2 is 1.67 bits per heavy atom. The highest BCUT2D eigenvalue weighted by molar-refractivity contribution is 5.21. The van der Waals surface area contributed by atoms with Crippen LogP contribution in [0, 0.1) is 11.3 Å². The third-order valence-electron chi connectivity index (χ3n) is 4.42. The fourth-order valence-corrected chi connectivity index (χ4v) is 3.41. The van der Waals surface area contributed by atoms with Gasteiger partial charge in [-0.1, -0.05) is 58.0 Å². The van der Waals surface area contributed by atoms with Gasteiger partial charge in [-0.25, -0.2) is 0 Å². The molecule has 1 rings (SSSR count). The first-order valence-corrected chi connectivity index (χ1v) is 8.20. The Kier molecular flexibility index (Phi) is 6.89.